The number of anilines is 2. The SMILES string of the molecule is C=C/C=C\C1=C(C)c2ccccc2C12c1ccccc1C(C(=C)C=C)(c1ccccc1C)c1c(-c3ccc(N(C(=C/C4=Cc5cccc(C)c5C4(C)C)/C(C)=C\C)c4ccc(-c5ccccc5)cc4)cc3)cccc12.CC.CCCC. The lowest BCUT2D eigenvalue weighted by Crippen LogP contribution is -2.45. The van der Waals surface area contributed by atoms with E-state index >= 15 is 0 Å². The molecule has 0 fully saturated rings. The van der Waals surface area contributed by atoms with Gasteiger partial charge in [0, 0.05) is 22.5 Å². The Kier molecular flexibility index (Phi) is 17.0. The molecule has 2 unspecified atom stereocenters. The number of allylic oxidation sites excluding steroid dienone is 11. The molecule has 0 amide bonds. The Morgan fingerprint density at radius 1 is 0.543 bits per heavy atom. The van der Waals surface area contributed by atoms with E-state index in [9.17, 15) is 0 Å². The number of hydrogen-bond acceptors (Lipinski definition) is 1. The lowest BCUT2D eigenvalue weighted by molar-refractivity contribution is 0.620. The summed E-state index contributed by atoms with van der Waals surface area (Å²) in [5.74, 6) is 0. The van der Waals surface area contributed by atoms with Gasteiger partial charge in [0.05, 0.1) is 10.8 Å². The highest BCUT2D eigenvalue weighted by atomic mass is 15.1. The van der Waals surface area contributed by atoms with Gasteiger partial charge in [-0.25, -0.2) is 0 Å². The molecule has 2 atom stereocenters. The van der Waals surface area contributed by atoms with Gasteiger partial charge in [0.25, 0.3) is 0 Å². The second kappa shape index (κ2) is 24.1. The zero-order valence-electron chi connectivity index (χ0n) is 49.9. The minimum Gasteiger partial charge on any atom is -0.310 e. The zero-order chi connectivity index (χ0) is 57.6. The first kappa shape index (κ1) is 57.2. The smallest absolute Gasteiger partial charge is 0.0716 e. The molecule has 0 heterocycles. The van der Waals surface area contributed by atoms with E-state index in [1.54, 1.807) is 0 Å². The van der Waals surface area contributed by atoms with Gasteiger partial charge in [0.1, 0.15) is 0 Å². The van der Waals surface area contributed by atoms with Crippen LogP contribution in [-0.2, 0) is 16.2 Å². The van der Waals surface area contributed by atoms with E-state index in [1.165, 1.54) is 107 Å². The first-order valence-corrected chi connectivity index (χ1v) is 29.3. The molecule has 0 radical (unpaired) electrons. The first-order valence-electron chi connectivity index (χ1n) is 29.3. The number of aryl methyl sites for hydroxylation is 2. The number of rotatable bonds is 13. The summed E-state index contributed by atoms with van der Waals surface area (Å²) in [5.41, 5.74) is 26.0. The fraction of sp³-hybridized carbons (Fsp3) is 0.200. The van der Waals surface area contributed by atoms with Crippen molar-refractivity contribution in [2.45, 2.75) is 105 Å². The molecule has 406 valence electrons. The molecule has 0 N–H and O–H groups in total. The van der Waals surface area contributed by atoms with Crippen molar-refractivity contribution in [2.75, 3.05) is 4.90 Å². The molecule has 0 aromatic heterocycles. The Balaban J connectivity index is 0.00000127. The Labute approximate surface area is 486 Å². The monoisotopic (exact) mass is 1060 g/mol. The van der Waals surface area contributed by atoms with Gasteiger partial charge in [-0.2, -0.15) is 0 Å². The van der Waals surface area contributed by atoms with Crippen LogP contribution < -0.4 is 4.90 Å². The fourth-order valence-corrected chi connectivity index (χ4v) is 13.2. The predicted octanol–water partition coefficient (Wildman–Crippen LogP) is 22.1. The van der Waals surface area contributed by atoms with Crippen molar-refractivity contribution in [2.24, 2.45) is 0 Å². The Bertz CT molecular complexity index is 3800. The van der Waals surface area contributed by atoms with E-state index < -0.39 is 10.8 Å². The standard InChI is InChI=1S/C74H65N.C4H10.C2H6/c1-11-14-33-64-53(8)61-31-19-21-35-65(61)74(64)67-37-23-22-36-66(67)73(52(7)13-3,63-34-20-18-26-50(63)5)71-62(32-25-38-68(71)74)56-41-45-60(46-42-56)75(59-43-39-55(40-44-59)54-28-16-15-17-29-54)69(49(4)12-2)48-58-47-57-30-24-27-51(6)70(57)72(58,9)10;1-3-4-2;1-2/h11-48H,1,3,7H2,2,4-6,8-10H3;3-4H2,1-2H3;1-2H3/b33-14-,49-12-,69-48+;;. The second-order valence-electron chi connectivity index (χ2n) is 22.1. The van der Waals surface area contributed by atoms with Crippen molar-refractivity contribution in [3.8, 4) is 22.3 Å². The highest BCUT2D eigenvalue weighted by molar-refractivity contribution is 5.93. The van der Waals surface area contributed by atoms with Crippen LogP contribution >= 0.6 is 0 Å². The van der Waals surface area contributed by atoms with Gasteiger partial charge in [0.15, 0.2) is 0 Å². The van der Waals surface area contributed by atoms with E-state index in [2.05, 4.69) is 299 Å². The van der Waals surface area contributed by atoms with Crippen LogP contribution in [0.5, 0.6) is 0 Å². The van der Waals surface area contributed by atoms with E-state index in [4.69, 9.17) is 6.58 Å². The van der Waals surface area contributed by atoms with Gasteiger partial charge in [-0.3, -0.25) is 0 Å². The van der Waals surface area contributed by atoms with Crippen LogP contribution in [0.3, 0.4) is 0 Å². The molecular weight excluding hydrogens is 975 g/mol. The third-order valence-corrected chi connectivity index (χ3v) is 17.3. The molecule has 81 heavy (non-hydrogen) atoms. The third-order valence-electron chi connectivity index (χ3n) is 17.3. The number of unbranched alkanes of at least 4 members (excludes halogenated alkanes) is 1. The molecule has 0 bridgehead atoms. The molecular formula is C80H81N. The summed E-state index contributed by atoms with van der Waals surface area (Å²) in [7, 11) is 0. The molecule has 0 saturated heterocycles. The molecule has 1 nitrogen and oxygen atoms in total. The van der Waals surface area contributed by atoms with Gasteiger partial charge in [0.2, 0.25) is 0 Å². The molecule has 1 spiro atoms. The van der Waals surface area contributed by atoms with Gasteiger partial charge in [-0.1, -0.05) is 274 Å². The quantitative estimate of drug-likeness (QED) is 0.104. The number of nitrogens with zero attached hydrogens (tertiary/aromatic N) is 1. The van der Waals surface area contributed by atoms with Crippen molar-refractivity contribution in [3.05, 3.63) is 333 Å². The number of benzene rings is 8. The highest BCUT2D eigenvalue weighted by Crippen LogP contribution is 2.65. The van der Waals surface area contributed by atoms with Gasteiger partial charge < -0.3 is 4.90 Å². The maximum absolute atomic E-state index is 4.99. The summed E-state index contributed by atoms with van der Waals surface area (Å²) >= 11 is 0. The molecule has 11 rings (SSSR count). The van der Waals surface area contributed by atoms with Crippen LogP contribution in [0.4, 0.5) is 11.4 Å². The fourth-order valence-electron chi connectivity index (χ4n) is 13.2. The van der Waals surface area contributed by atoms with Gasteiger partial charge >= 0.3 is 0 Å². The largest absolute Gasteiger partial charge is 0.310 e. The van der Waals surface area contributed by atoms with E-state index in [1.807, 2.05) is 26.0 Å². The summed E-state index contributed by atoms with van der Waals surface area (Å²) in [4.78, 5) is 2.45. The minimum absolute atomic E-state index is 0.191. The number of hydrogen-bond donors (Lipinski definition) is 0. The van der Waals surface area contributed by atoms with Crippen molar-refractivity contribution < 1.29 is 0 Å². The second-order valence-corrected chi connectivity index (χ2v) is 22.1. The van der Waals surface area contributed by atoms with Crippen LogP contribution in [0.1, 0.15) is 136 Å². The molecule has 8 aromatic rings. The normalized spacial score (nSPS) is 17.4. The maximum atomic E-state index is 4.99. The lowest BCUT2D eigenvalue weighted by Gasteiger charge is -2.51. The highest BCUT2D eigenvalue weighted by Gasteiger charge is 2.57. The first-order chi connectivity index (χ1) is 39.3. The topological polar surface area (TPSA) is 3.24 Å². The predicted molar refractivity (Wildman–Crippen MR) is 353 cm³/mol. The van der Waals surface area contributed by atoms with Crippen LogP contribution in [0.25, 0.3) is 33.9 Å². The number of fused-ring (bicyclic) bond motifs is 7. The average Bonchev–Trinajstić information content (AvgIpc) is 1.90. The van der Waals surface area contributed by atoms with Crippen LogP contribution in [-0.4, -0.2) is 0 Å². The van der Waals surface area contributed by atoms with Crippen molar-refractivity contribution in [3.63, 3.8) is 0 Å². The Hall–Kier alpha value is -8.52. The minimum atomic E-state index is -0.804. The Morgan fingerprint density at radius 2 is 1.07 bits per heavy atom. The van der Waals surface area contributed by atoms with Gasteiger partial charge in [-0.15, -0.1) is 0 Å². The Morgan fingerprint density at radius 3 is 1.68 bits per heavy atom. The molecule has 8 aromatic carbocycles. The van der Waals surface area contributed by atoms with Crippen LogP contribution in [0, 0.1) is 13.8 Å². The molecule has 3 aliphatic rings. The summed E-state index contributed by atoms with van der Waals surface area (Å²) < 4.78 is 0. The molecule has 0 aliphatic heterocycles. The van der Waals surface area contributed by atoms with Crippen molar-refractivity contribution >= 4 is 23.0 Å². The third kappa shape index (κ3) is 9.61. The molecule has 1 heteroatoms. The van der Waals surface area contributed by atoms with Crippen LogP contribution in [0.2, 0.25) is 0 Å². The van der Waals surface area contributed by atoms with Crippen molar-refractivity contribution in [1.82, 2.24) is 0 Å². The molecule has 3 aliphatic carbocycles. The average molecular weight is 1060 g/mol. The van der Waals surface area contributed by atoms with E-state index in [0.29, 0.717) is 0 Å². The zero-order valence-corrected chi connectivity index (χ0v) is 49.9. The van der Waals surface area contributed by atoms with E-state index in [0.717, 1.165) is 33.8 Å². The summed E-state index contributed by atoms with van der Waals surface area (Å²) in [5, 5.41) is 0. The summed E-state index contributed by atoms with van der Waals surface area (Å²) in [6, 6.07) is 69.7. The van der Waals surface area contributed by atoms with E-state index in [-0.39, 0.29) is 5.41 Å². The summed E-state index contributed by atoms with van der Waals surface area (Å²) in [6.45, 7) is 37.9. The summed E-state index contributed by atoms with van der Waals surface area (Å²) in [6.07, 6.45) is 18.0. The van der Waals surface area contributed by atoms with Crippen LogP contribution in [0.15, 0.2) is 272 Å². The van der Waals surface area contributed by atoms with Crippen molar-refractivity contribution in [1.29, 1.82) is 0 Å². The lowest BCUT2D eigenvalue weighted by atomic mass is 9.49. The maximum Gasteiger partial charge on any atom is 0.0716 e. The molecule has 0 saturated carbocycles. The van der Waals surface area contributed by atoms with Gasteiger partial charge in [-0.05, 0) is 176 Å².